The van der Waals surface area contributed by atoms with Gasteiger partial charge in [-0.2, -0.15) is 0 Å². The Morgan fingerprint density at radius 2 is 1.89 bits per heavy atom. The van der Waals surface area contributed by atoms with Crippen molar-refractivity contribution in [3.8, 4) is 0 Å². The van der Waals surface area contributed by atoms with E-state index in [0.717, 1.165) is 9.13 Å². The molecule has 0 aliphatic heterocycles. The van der Waals surface area contributed by atoms with Crippen molar-refractivity contribution >= 4 is 40.1 Å². The molecule has 2 rings (SSSR count). The third-order valence-corrected chi connectivity index (χ3v) is 3.55. The number of rotatable bonds is 3. The quantitative estimate of drug-likeness (QED) is 0.790. The Kier molecular flexibility index (Phi) is 4.76. The summed E-state index contributed by atoms with van der Waals surface area (Å²) in [5.41, 5.74) is 1.35. The maximum absolute atomic E-state index is 13.0. The van der Waals surface area contributed by atoms with Gasteiger partial charge in [0, 0.05) is 15.7 Å². The molecule has 1 amide bonds. The van der Waals surface area contributed by atoms with Crippen molar-refractivity contribution in [2.75, 3.05) is 0 Å². The van der Waals surface area contributed by atoms with Gasteiger partial charge in [0.15, 0.2) is 0 Å². The van der Waals surface area contributed by atoms with Crippen molar-refractivity contribution in [2.45, 2.75) is 6.54 Å². The second-order valence-electron chi connectivity index (χ2n) is 3.94. The van der Waals surface area contributed by atoms with Crippen LogP contribution in [-0.4, -0.2) is 5.91 Å². The topological polar surface area (TPSA) is 29.1 Å². The lowest BCUT2D eigenvalue weighted by Crippen LogP contribution is -2.22. The van der Waals surface area contributed by atoms with Gasteiger partial charge in [0.1, 0.15) is 5.82 Å². The number of hydrogen-bond donors (Lipinski definition) is 1. The summed E-state index contributed by atoms with van der Waals surface area (Å²) in [4.78, 5) is 11.9. The minimum absolute atomic E-state index is 0.0565. The van der Waals surface area contributed by atoms with E-state index in [1.807, 2.05) is 12.1 Å². The highest BCUT2D eigenvalue weighted by atomic mass is 127. The number of hydrogen-bond acceptors (Lipinski definition) is 1. The molecule has 0 fully saturated rings. The summed E-state index contributed by atoms with van der Waals surface area (Å²) in [5, 5.41) is 2.82. The lowest BCUT2D eigenvalue weighted by atomic mass is 10.2. The van der Waals surface area contributed by atoms with Crippen molar-refractivity contribution in [3.05, 3.63) is 68.0 Å². The molecule has 5 heteroatoms. The first-order valence-electron chi connectivity index (χ1n) is 5.54. The molecule has 0 unspecified atom stereocenters. The van der Waals surface area contributed by atoms with Gasteiger partial charge in [0.2, 0.25) is 0 Å². The number of amides is 1. The van der Waals surface area contributed by atoms with Crippen LogP contribution in [0.4, 0.5) is 4.39 Å². The Bertz CT molecular complexity index is 601. The van der Waals surface area contributed by atoms with E-state index in [-0.39, 0.29) is 10.9 Å². The molecule has 2 aromatic carbocycles. The largest absolute Gasteiger partial charge is 0.348 e. The SMILES string of the molecule is O=C(NCc1ccc(F)c(Cl)c1)c1ccc(I)cc1. The normalized spacial score (nSPS) is 10.3. The zero-order valence-electron chi connectivity index (χ0n) is 9.79. The van der Waals surface area contributed by atoms with Gasteiger partial charge in [-0.15, -0.1) is 0 Å². The molecule has 0 aliphatic rings. The Morgan fingerprint density at radius 1 is 1.21 bits per heavy atom. The van der Waals surface area contributed by atoms with E-state index in [2.05, 4.69) is 27.9 Å². The molecule has 98 valence electrons. The van der Waals surface area contributed by atoms with Gasteiger partial charge in [-0.3, -0.25) is 4.79 Å². The van der Waals surface area contributed by atoms with Crippen LogP contribution < -0.4 is 5.32 Å². The second-order valence-corrected chi connectivity index (χ2v) is 5.59. The van der Waals surface area contributed by atoms with Crippen LogP contribution >= 0.6 is 34.2 Å². The first-order valence-corrected chi connectivity index (χ1v) is 6.99. The maximum atomic E-state index is 13.0. The summed E-state index contributed by atoms with van der Waals surface area (Å²) in [7, 11) is 0. The van der Waals surface area contributed by atoms with Crippen LogP contribution in [-0.2, 0) is 6.54 Å². The maximum Gasteiger partial charge on any atom is 0.251 e. The summed E-state index contributed by atoms with van der Waals surface area (Å²) in [6.45, 7) is 0.310. The molecule has 0 spiro atoms. The van der Waals surface area contributed by atoms with Gasteiger partial charge in [-0.05, 0) is 64.6 Å². The monoisotopic (exact) mass is 389 g/mol. The van der Waals surface area contributed by atoms with Gasteiger partial charge < -0.3 is 5.32 Å². The van der Waals surface area contributed by atoms with E-state index in [1.165, 1.54) is 12.1 Å². The van der Waals surface area contributed by atoms with Gasteiger partial charge in [-0.1, -0.05) is 17.7 Å². The molecule has 0 heterocycles. The molecule has 0 bridgehead atoms. The van der Waals surface area contributed by atoms with Crippen molar-refractivity contribution in [3.63, 3.8) is 0 Å². The van der Waals surface area contributed by atoms with Gasteiger partial charge >= 0.3 is 0 Å². The Labute approximate surface area is 129 Å². The molecule has 1 N–H and O–H groups in total. The Hall–Kier alpha value is -1.14. The Morgan fingerprint density at radius 3 is 2.53 bits per heavy atom. The first-order chi connectivity index (χ1) is 9.06. The van der Waals surface area contributed by atoms with Crippen LogP contribution in [0.1, 0.15) is 15.9 Å². The molecule has 2 aromatic rings. The summed E-state index contributed by atoms with van der Waals surface area (Å²) in [5.74, 6) is -0.633. The average molecular weight is 390 g/mol. The number of carbonyl (C=O) groups is 1. The molecule has 0 aromatic heterocycles. The minimum Gasteiger partial charge on any atom is -0.348 e. The average Bonchev–Trinajstić information content (AvgIpc) is 2.40. The Balaban J connectivity index is 2.00. The molecule has 0 aliphatic carbocycles. The van der Waals surface area contributed by atoms with Crippen LogP contribution in [0, 0.1) is 9.39 Å². The fourth-order valence-electron chi connectivity index (χ4n) is 1.54. The summed E-state index contributed by atoms with van der Waals surface area (Å²) >= 11 is 7.85. The van der Waals surface area contributed by atoms with Crippen molar-refractivity contribution in [2.24, 2.45) is 0 Å². The highest BCUT2D eigenvalue weighted by Gasteiger charge is 2.06. The zero-order chi connectivity index (χ0) is 13.8. The fraction of sp³-hybridized carbons (Fsp3) is 0.0714. The van der Waals surface area contributed by atoms with E-state index in [0.29, 0.717) is 12.1 Å². The standard InChI is InChI=1S/C14H10ClFINO/c15-12-7-9(1-6-13(12)16)8-18-14(19)10-2-4-11(17)5-3-10/h1-7H,8H2,(H,18,19). The highest BCUT2D eigenvalue weighted by molar-refractivity contribution is 14.1. The summed E-state index contributed by atoms with van der Waals surface area (Å²) in [6.07, 6.45) is 0. The summed E-state index contributed by atoms with van der Waals surface area (Å²) < 4.78 is 14.0. The smallest absolute Gasteiger partial charge is 0.251 e. The molecule has 0 saturated carbocycles. The molecule has 0 saturated heterocycles. The molecular formula is C14H10ClFINO. The highest BCUT2D eigenvalue weighted by Crippen LogP contribution is 2.16. The van der Waals surface area contributed by atoms with E-state index < -0.39 is 5.82 Å². The van der Waals surface area contributed by atoms with E-state index in [4.69, 9.17) is 11.6 Å². The van der Waals surface area contributed by atoms with Gasteiger partial charge in [-0.25, -0.2) is 4.39 Å². The van der Waals surface area contributed by atoms with Crippen molar-refractivity contribution < 1.29 is 9.18 Å². The molecule has 2 nitrogen and oxygen atoms in total. The van der Waals surface area contributed by atoms with Gasteiger partial charge in [0.25, 0.3) is 5.91 Å². The molecular weight excluding hydrogens is 380 g/mol. The predicted octanol–water partition coefficient (Wildman–Crippen LogP) is 4.01. The number of benzene rings is 2. The third-order valence-electron chi connectivity index (χ3n) is 2.54. The summed E-state index contributed by atoms with van der Waals surface area (Å²) in [6, 6.07) is 11.6. The minimum atomic E-state index is -0.464. The molecule has 0 radical (unpaired) electrons. The van der Waals surface area contributed by atoms with Gasteiger partial charge in [0.05, 0.1) is 5.02 Å². The lowest BCUT2D eigenvalue weighted by Gasteiger charge is -2.06. The van der Waals surface area contributed by atoms with E-state index >= 15 is 0 Å². The third kappa shape index (κ3) is 3.91. The number of carbonyl (C=O) groups excluding carboxylic acids is 1. The molecule has 19 heavy (non-hydrogen) atoms. The number of nitrogens with one attached hydrogen (secondary N) is 1. The zero-order valence-corrected chi connectivity index (χ0v) is 12.7. The van der Waals surface area contributed by atoms with E-state index in [1.54, 1.807) is 18.2 Å². The second kappa shape index (κ2) is 6.34. The van der Waals surface area contributed by atoms with Crippen molar-refractivity contribution in [1.82, 2.24) is 5.32 Å². The fourth-order valence-corrected chi connectivity index (χ4v) is 2.10. The van der Waals surface area contributed by atoms with Crippen LogP contribution in [0.2, 0.25) is 5.02 Å². The van der Waals surface area contributed by atoms with Crippen molar-refractivity contribution in [1.29, 1.82) is 0 Å². The first kappa shape index (κ1) is 14.3. The van der Waals surface area contributed by atoms with Crippen LogP contribution in [0.25, 0.3) is 0 Å². The lowest BCUT2D eigenvalue weighted by molar-refractivity contribution is 0.0951. The number of halogens is 3. The van der Waals surface area contributed by atoms with Crippen LogP contribution in [0.15, 0.2) is 42.5 Å². The predicted molar refractivity (Wildman–Crippen MR) is 81.7 cm³/mol. The van der Waals surface area contributed by atoms with E-state index in [9.17, 15) is 9.18 Å². The van der Waals surface area contributed by atoms with Crippen LogP contribution in [0.3, 0.4) is 0 Å². The van der Waals surface area contributed by atoms with Crippen LogP contribution in [0.5, 0.6) is 0 Å². The molecule has 0 atom stereocenters.